The van der Waals surface area contributed by atoms with E-state index in [9.17, 15) is 9.90 Å². The average molecular weight is 317 g/mol. The molecule has 1 aromatic carbocycles. The number of rotatable bonds is 3. The van der Waals surface area contributed by atoms with Gasteiger partial charge in [0, 0.05) is 45.5 Å². The lowest BCUT2D eigenvalue weighted by Gasteiger charge is -2.32. The maximum atomic E-state index is 12.3. The molecule has 126 valence electrons. The van der Waals surface area contributed by atoms with Crippen molar-refractivity contribution in [3.05, 3.63) is 29.3 Å². The third-order valence-electron chi connectivity index (χ3n) is 5.00. The summed E-state index contributed by atoms with van der Waals surface area (Å²) in [5, 5.41) is 12.3. The van der Waals surface area contributed by atoms with E-state index in [0.717, 1.165) is 37.9 Å². The molecule has 23 heavy (non-hydrogen) atoms. The molecule has 0 radical (unpaired) electrons. The van der Waals surface area contributed by atoms with Gasteiger partial charge < -0.3 is 20.2 Å². The Morgan fingerprint density at radius 2 is 2.22 bits per heavy atom. The fraction of sp³-hybridized carbons (Fsp3) is 0.611. The van der Waals surface area contributed by atoms with Gasteiger partial charge in [-0.3, -0.25) is 0 Å². The molecule has 5 nitrogen and oxygen atoms in total. The van der Waals surface area contributed by atoms with Crippen molar-refractivity contribution in [3.8, 4) is 0 Å². The van der Waals surface area contributed by atoms with E-state index in [4.69, 9.17) is 0 Å². The Morgan fingerprint density at radius 1 is 1.35 bits per heavy atom. The third kappa shape index (κ3) is 3.78. The average Bonchev–Trinajstić information content (AvgIpc) is 2.60. The summed E-state index contributed by atoms with van der Waals surface area (Å²) in [6.45, 7) is 3.30. The van der Waals surface area contributed by atoms with Crippen LogP contribution < -0.4 is 10.2 Å². The fourth-order valence-corrected chi connectivity index (χ4v) is 3.64. The first kappa shape index (κ1) is 16.1. The number of aryl methyl sites for hydroxylation is 1. The van der Waals surface area contributed by atoms with E-state index in [0.29, 0.717) is 13.1 Å². The first-order chi connectivity index (χ1) is 11.2. The number of piperidine rings is 1. The van der Waals surface area contributed by atoms with Gasteiger partial charge in [-0.05, 0) is 48.8 Å². The van der Waals surface area contributed by atoms with Crippen LogP contribution in [0.2, 0.25) is 0 Å². The van der Waals surface area contributed by atoms with Gasteiger partial charge in [-0.1, -0.05) is 12.1 Å². The van der Waals surface area contributed by atoms with E-state index in [2.05, 4.69) is 35.5 Å². The molecular formula is C18H27N3O2. The molecule has 0 bridgehead atoms. The number of benzene rings is 1. The lowest BCUT2D eigenvalue weighted by Crippen LogP contribution is -2.45. The molecule has 1 atom stereocenters. The van der Waals surface area contributed by atoms with Crippen LogP contribution in [0.3, 0.4) is 0 Å². The SMILES string of the molecule is CN1CCCc2cc(CNC(=O)N3CCCC(CO)C3)ccc21. The molecule has 2 amide bonds. The highest BCUT2D eigenvalue weighted by Crippen LogP contribution is 2.26. The first-order valence-corrected chi connectivity index (χ1v) is 8.64. The first-order valence-electron chi connectivity index (χ1n) is 8.64. The van der Waals surface area contributed by atoms with Gasteiger partial charge in [0.05, 0.1) is 0 Å². The van der Waals surface area contributed by atoms with Crippen molar-refractivity contribution >= 4 is 11.7 Å². The normalized spacial score (nSPS) is 21.0. The minimum Gasteiger partial charge on any atom is -0.396 e. The summed E-state index contributed by atoms with van der Waals surface area (Å²) in [6.07, 6.45) is 4.30. The number of nitrogens with zero attached hydrogens (tertiary/aromatic N) is 2. The molecule has 1 unspecified atom stereocenters. The number of likely N-dealkylation sites (tertiary alicyclic amines) is 1. The quantitative estimate of drug-likeness (QED) is 0.896. The molecule has 1 saturated heterocycles. The molecule has 3 rings (SSSR count). The van der Waals surface area contributed by atoms with Crippen molar-refractivity contribution < 1.29 is 9.90 Å². The van der Waals surface area contributed by atoms with Crippen LogP contribution in [0.1, 0.15) is 30.4 Å². The van der Waals surface area contributed by atoms with E-state index in [1.807, 2.05) is 4.90 Å². The molecule has 2 aliphatic heterocycles. The molecule has 1 aromatic rings. The topological polar surface area (TPSA) is 55.8 Å². The third-order valence-corrected chi connectivity index (χ3v) is 5.00. The number of carbonyl (C=O) groups excluding carboxylic acids is 1. The van der Waals surface area contributed by atoms with Crippen LogP contribution in [0.5, 0.6) is 0 Å². The molecular weight excluding hydrogens is 290 g/mol. The van der Waals surface area contributed by atoms with Gasteiger partial charge in [0.15, 0.2) is 0 Å². The van der Waals surface area contributed by atoms with Gasteiger partial charge in [0.25, 0.3) is 0 Å². The van der Waals surface area contributed by atoms with Crippen LogP contribution >= 0.6 is 0 Å². The minimum atomic E-state index is -0.0158. The van der Waals surface area contributed by atoms with Crippen molar-refractivity contribution in [1.29, 1.82) is 0 Å². The van der Waals surface area contributed by atoms with Crippen LogP contribution in [-0.2, 0) is 13.0 Å². The molecule has 1 fully saturated rings. The second-order valence-electron chi connectivity index (χ2n) is 6.78. The lowest BCUT2D eigenvalue weighted by atomic mass is 9.99. The van der Waals surface area contributed by atoms with Crippen LogP contribution in [-0.4, -0.2) is 49.3 Å². The molecule has 5 heteroatoms. The summed E-state index contributed by atoms with van der Waals surface area (Å²) in [6, 6.07) is 6.47. The molecule has 0 aliphatic carbocycles. The Morgan fingerprint density at radius 3 is 3.04 bits per heavy atom. The van der Waals surface area contributed by atoms with Gasteiger partial charge in [-0.15, -0.1) is 0 Å². The number of carbonyl (C=O) groups is 1. The highest BCUT2D eigenvalue weighted by molar-refractivity contribution is 5.74. The van der Waals surface area contributed by atoms with Crippen molar-refractivity contribution in [3.63, 3.8) is 0 Å². The molecule has 2 aliphatic rings. The molecule has 2 heterocycles. The van der Waals surface area contributed by atoms with Crippen molar-refractivity contribution in [1.82, 2.24) is 10.2 Å². The van der Waals surface area contributed by atoms with E-state index in [1.165, 1.54) is 17.7 Å². The summed E-state index contributed by atoms with van der Waals surface area (Å²) in [5.41, 5.74) is 3.85. The van der Waals surface area contributed by atoms with Gasteiger partial charge in [-0.25, -0.2) is 4.79 Å². The van der Waals surface area contributed by atoms with Crippen LogP contribution in [0.4, 0.5) is 10.5 Å². The fourth-order valence-electron chi connectivity index (χ4n) is 3.64. The largest absolute Gasteiger partial charge is 0.396 e. The number of aliphatic hydroxyl groups is 1. The second kappa shape index (κ2) is 7.21. The lowest BCUT2D eigenvalue weighted by molar-refractivity contribution is 0.129. The molecule has 0 saturated carbocycles. The number of hydrogen-bond acceptors (Lipinski definition) is 3. The summed E-state index contributed by atoms with van der Waals surface area (Å²) in [7, 11) is 2.13. The highest BCUT2D eigenvalue weighted by Gasteiger charge is 2.23. The number of urea groups is 1. The Bertz CT molecular complexity index is 561. The highest BCUT2D eigenvalue weighted by atomic mass is 16.3. The summed E-state index contributed by atoms with van der Waals surface area (Å²) in [4.78, 5) is 16.4. The van der Waals surface area contributed by atoms with E-state index >= 15 is 0 Å². The predicted molar refractivity (Wildman–Crippen MR) is 91.7 cm³/mol. The van der Waals surface area contributed by atoms with E-state index in [1.54, 1.807) is 0 Å². The summed E-state index contributed by atoms with van der Waals surface area (Å²) < 4.78 is 0. The number of aliphatic hydroxyl groups excluding tert-OH is 1. The smallest absolute Gasteiger partial charge is 0.317 e. The minimum absolute atomic E-state index is 0.0158. The van der Waals surface area contributed by atoms with Gasteiger partial charge in [0.1, 0.15) is 0 Å². The monoisotopic (exact) mass is 317 g/mol. The second-order valence-corrected chi connectivity index (χ2v) is 6.78. The summed E-state index contributed by atoms with van der Waals surface area (Å²) >= 11 is 0. The summed E-state index contributed by atoms with van der Waals surface area (Å²) in [5.74, 6) is 0.230. The van der Waals surface area contributed by atoms with Crippen molar-refractivity contribution in [2.45, 2.75) is 32.2 Å². The van der Waals surface area contributed by atoms with E-state index < -0.39 is 0 Å². The molecule has 0 aromatic heterocycles. The Kier molecular flexibility index (Phi) is 5.06. The molecule has 0 spiro atoms. The molecule has 2 N–H and O–H groups in total. The van der Waals surface area contributed by atoms with Gasteiger partial charge in [-0.2, -0.15) is 0 Å². The predicted octanol–water partition coefficient (Wildman–Crippen LogP) is 1.98. The maximum Gasteiger partial charge on any atom is 0.317 e. The number of amides is 2. The zero-order chi connectivity index (χ0) is 16.2. The zero-order valence-corrected chi connectivity index (χ0v) is 13.9. The standard InChI is InChI=1S/C18H27N3O2/c1-20-8-3-5-16-10-14(6-7-17(16)20)11-19-18(23)21-9-2-4-15(12-21)13-22/h6-7,10,15,22H,2-5,8-9,11-13H2,1H3,(H,19,23). The van der Waals surface area contributed by atoms with Gasteiger partial charge in [0.2, 0.25) is 0 Å². The van der Waals surface area contributed by atoms with Crippen molar-refractivity contribution in [2.24, 2.45) is 5.92 Å². The Hall–Kier alpha value is -1.75. The number of nitrogens with one attached hydrogen (secondary N) is 1. The van der Waals surface area contributed by atoms with Gasteiger partial charge >= 0.3 is 6.03 Å². The zero-order valence-electron chi connectivity index (χ0n) is 13.9. The Labute approximate surface area is 138 Å². The van der Waals surface area contributed by atoms with Crippen LogP contribution in [0.15, 0.2) is 18.2 Å². The number of anilines is 1. The van der Waals surface area contributed by atoms with Crippen LogP contribution in [0.25, 0.3) is 0 Å². The van der Waals surface area contributed by atoms with Crippen molar-refractivity contribution in [2.75, 3.05) is 38.2 Å². The Balaban J connectivity index is 1.57. The van der Waals surface area contributed by atoms with E-state index in [-0.39, 0.29) is 18.6 Å². The maximum absolute atomic E-state index is 12.3. The number of hydrogen-bond donors (Lipinski definition) is 2. The number of fused-ring (bicyclic) bond motifs is 1. The van der Waals surface area contributed by atoms with Crippen LogP contribution in [0, 0.1) is 5.92 Å².